The summed E-state index contributed by atoms with van der Waals surface area (Å²) in [7, 11) is 1.97. The normalized spacial score (nSPS) is 11.9. The van der Waals surface area contributed by atoms with Crippen LogP contribution >= 0.6 is 22.9 Å². The van der Waals surface area contributed by atoms with Gasteiger partial charge in [-0.3, -0.25) is 14.6 Å². The molecule has 47 heavy (non-hydrogen) atoms. The second-order valence-corrected chi connectivity index (χ2v) is 13.7. The van der Waals surface area contributed by atoms with Crippen molar-refractivity contribution in [2.45, 2.75) is 39.3 Å². The van der Waals surface area contributed by atoms with Gasteiger partial charge < -0.3 is 20.3 Å². The number of aromatic hydroxyl groups is 1. The molecular formula is C34H36ClN7O4S. The number of aliphatic hydroxyl groups excluding tert-OH is 1. The number of thiazole rings is 1. The van der Waals surface area contributed by atoms with E-state index in [0.717, 1.165) is 32.1 Å². The number of anilines is 1. The molecule has 6 rings (SSSR count). The zero-order valence-corrected chi connectivity index (χ0v) is 28.1. The lowest BCUT2D eigenvalue weighted by molar-refractivity contribution is 0.216. The molecule has 0 aliphatic heterocycles. The van der Waals surface area contributed by atoms with Gasteiger partial charge in [0, 0.05) is 42.7 Å². The van der Waals surface area contributed by atoms with Crippen molar-refractivity contribution in [3.63, 3.8) is 0 Å². The van der Waals surface area contributed by atoms with Crippen LogP contribution < -0.4 is 15.4 Å². The fraction of sp³-hybridized carbons (Fsp3) is 0.265. The summed E-state index contributed by atoms with van der Waals surface area (Å²) in [5.74, 6) is 1.71. The molecule has 11 nitrogen and oxygen atoms in total. The summed E-state index contributed by atoms with van der Waals surface area (Å²) in [6.07, 6.45) is 1.88. The van der Waals surface area contributed by atoms with Gasteiger partial charge in [0.25, 0.3) is 0 Å². The number of phenolic OH excluding ortho intramolecular Hbond substituents is 1. The average Bonchev–Trinajstić information content (AvgIpc) is 3.72. The molecule has 6 aromatic rings. The second-order valence-electron chi connectivity index (χ2n) is 12.3. The summed E-state index contributed by atoms with van der Waals surface area (Å²) in [5.41, 5.74) is 3.99. The Bertz CT molecular complexity index is 2060. The molecular weight excluding hydrogens is 638 g/mol. The SMILES string of the molecule is CN(CCO)Cc1cnc2sc3cc(Oc4ccccc4CNC(=O)Nc4cc(C(C)(C)C)nn4-c4ccc(O)c(Cl)c4)ccc3n12. The highest BCUT2D eigenvalue weighted by molar-refractivity contribution is 7.23. The Balaban J connectivity index is 1.17. The van der Waals surface area contributed by atoms with E-state index in [0.29, 0.717) is 36.1 Å². The van der Waals surface area contributed by atoms with Crippen LogP contribution in [0.25, 0.3) is 20.9 Å². The molecule has 3 aromatic heterocycles. The summed E-state index contributed by atoms with van der Waals surface area (Å²) in [6, 6.07) is 19.7. The first-order valence-electron chi connectivity index (χ1n) is 15.1. The number of aliphatic hydroxyl groups is 1. The number of carbonyl (C=O) groups excluding carboxylic acids is 1. The molecule has 2 amide bonds. The molecule has 0 fully saturated rings. The molecule has 13 heteroatoms. The van der Waals surface area contributed by atoms with Gasteiger partial charge in [-0.1, -0.05) is 61.9 Å². The van der Waals surface area contributed by atoms with Crippen molar-refractivity contribution in [1.82, 2.24) is 29.4 Å². The number of nitrogens with zero attached hydrogens (tertiary/aromatic N) is 5. The predicted molar refractivity (Wildman–Crippen MR) is 185 cm³/mol. The number of hydrogen-bond donors (Lipinski definition) is 4. The Kier molecular flexibility index (Phi) is 9.11. The molecule has 0 unspecified atom stereocenters. The van der Waals surface area contributed by atoms with E-state index in [1.54, 1.807) is 28.2 Å². The third-order valence-corrected chi connectivity index (χ3v) is 8.94. The van der Waals surface area contributed by atoms with Crippen LogP contribution in [0.15, 0.2) is 72.9 Å². The van der Waals surface area contributed by atoms with E-state index in [1.807, 2.05) is 82.5 Å². The van der Waals surface area contributed by atoms with Crippen LogP contribution in [0.4, 0.5) is 10.6 Å². The van der Waals surface area contributed by atoms with Gasteiger partial charge in [-0.05, 0) is 43.4 Å². The molecule has 0 radical (unpaired) electrons. The van der Waals surface area contributed by atoms with Crippen LogP contribution in [0.5, 0.6) is 17.2 Å². The maximum atomic E-state index is 13.2. The molecule has 3 heterocycles. The van der Waals surface area contributed by atoms with Crippen molar-refractivity contribution in [3.05, 3.63) is 94.9 Å². The largest absolute Gasteiger partial charge is 0.506 e. The van der Waals surface area contributed by atoms with Crippen LogP contribution in [0.2, 0.25) is 5.02 Å². The monoisotopic (exact) mass is 673 g/mol. The van der Waals surface area contributed by atoms with Crippen LogP contribution in [0.3, 0.4) is 0 Å². The van der Waals surface area contributed by atoms with Crippen molar-refractivity contribution in [2.24, 2.45) is 0 Å². The number of amides is 2. The van der Waals surface area contributed by atoms with E-state index in [1.165, 1.54) is 6.07 Å². The molecule has 3 aromatic carbocycles. The Morgan fingerprint density at radius 1 is 1.11 bits per heavy atom. The van der Waals surface area contributed by atoms with E-state index in [-0.39, 0.29) is 29.3 Å². The minimum atomic E-state index is -0.421. The number of halogens is 1. The summed E-state index contributed by atoms with van der Waals surface area (Å²) in [6.45, 7) is 7.69. The Morgan fingerprint density at radius 2 is 1.91 bits per heavy atom. The van der Waals surface area contributed by atoms with Crippen molar-refractivity contribution >= 4 is 50.0 Å². The average molecular weight is 674 g/mol. The van der Waals surface area contributed by atoms with Gasteiger partial charge in [0.1, 0.15) is 23.1 Å². The molecule has 0 bridgehead atoms. The minimum Gasteiger partial charge on any atom is -0.506 e. The summed E-state index contributed by atoms with van der Waals surface area (Å²) >= 11 is 7.75. The zero-order chi connectivity index (χ0) is 33.3. The van der Waals surface area contributed by atoms with Crippen LogP contribution in [0.1, 0.15) is 37.7 Å². The maximum absolute atomic E-state index is 13.2. The van der Waals surface area contributed by atoms with E-state index >= 15 is 0 Å². The van der Waals surface area contributed by atoms with Crippen LogP contribution in [0, 0.1) is 0 Å². The summed E-state index contributed by atoms with van der Waals surface area (Å²) < 4.78 is 11.1. The quantitative estimate of drug-likeness (QED) is 0.124. The topological polar surface area (TPSA) is 129 Å². The van der Waals surface area contributed by atoms with Gasteiger partial charge in [-0.2, -0.15) is 5.10 Å². The number of urea groups is 1. The first-order valence-corrected chi connectivity index (χ1v) is 16.3. The fourth-order valence-electron chi connectivity index (χ4n) is 5.13. The van der Waals surface area contributed by atoms with Crippen molar-refractivity contribution in [2.75, 3.05) is 25.5 Å². The van der Waals surface area contributed by atoms with Gasteiger partial charge in [0.2, 0.25) is 0 Å². The van der Waals surface area contributed by atoms with Crippen LogP contribution in [-0.2, 0) is 18.5 Å². The Labute approximate surface area is 281 Å². The number of imidazole rings is 1. The number of benzene rings is 3. The van der Waals surface area contributed by atoms with Crippen LogP contribution in [-0.4, -0.2) is 60.5 Å². The van der Waals surface area contributed by atoms with E-state index < -0.39 is 6.03 Å². The number of carbonyl (C=O) groups is 1. The van der Waals surface area contributed by atoms with Gasteiger partial charge in [-0.25, -0.2) is 14.5 Å². The maximum Gasteiger partial charge on any atom is 0.320 e. The summed E-state index contributed by atoms with van der Waals surface area (Å²) in [5, 5.41) is 29.9. The standard InChI is InChI=1S/C34H36ClN7O4S/c1-34(2,3)30-17-31(42(39-30)22-9-12-27(44)25(35)15-22)38-32(45)36-18-21-7-5-6-8-28(21)46-24-10-11-26-29(16-24)47-33-37-19-23(41(26)33)20-40(4)13-14-43/h5-12,15-17,19,43-44H,13-14,18,20H2,1-4H3,(H2,36,38,45). The predicted octanol–water partition coefficient (Wildman–Crippen LogP) is 6.93. The number of nitrogens with one attached hydrogen (secondary N) is 2. The minimum absolute atomic E-state index is 0.0373. The molecule has 0 aliphatic rings. The number of aromatic nitrogens is 4. The smallest absolute Gasteiger partial charge is 0.320 e. The van der Waals surface area contributed by atoms with E-state index in [9.17, 15) is 15.0 Å². The lowest BCUT2D eigenvalue weighted by Gasteiger charge is -2.14. The van der Waals surface area contributed by atoms with Gasteiger partial charge in [0.05, 0.1) is 45.1 Å². The molecule has 0 saturated carbocycles. The Hall–Kier alpha value is -4.62. The van der Waals surface area contributed by atoms with Crippen molar-refractivity contribution < 1.29 is 19.7 Å². The highest BCUT2D eigenvalue weighted by Gasteiger charge is 2.22. The number of phenols is 1. The highest BCUT2D eigenvalue weighted by Crippen LogP contribution is 2.34. The third kappa shape index (κ3) is 7.05. The third-order valence-electron chi connectivity index (χ3n) is 7.62. The number of fused-ring (bicyclic) bond motifs is 3. The molecule has 0 saturated heterocycles. The molecule has 0 aliphatic carbocycles. The molecule has 0 spiro atoms. The molecule has 4 N–H and O–H groups in total. The first-order chi connectivity index (χ1) is 22.5. The number of rotatable bonds is 10. The zero-order valence-electron chi connectivity index (χ0n) is 26.5. The van der Waals surface area contributed by atoms with Crippen molar-refractivity contribution in [1.29, 1.82) is 0 Å². The Morgan fingerprint density at radius 3 is 2.68 bits per heavy atom. The van der Waals surface area contributed by atoms with Crippen molar-refractivity contribution in [3.8, 4) is 22.9 Å². The van der Waals surface area contributed by atoms with Gasteiger partial charge in [-0.15, -0.1) is 0 Å². The van der Waals surface area contributed by atoms with E-state index in [2.05, 4.69) is 24.9 Å². The van der Waals surface area contributed by atoms with E-state index in [4.69, 9.17) is 21.4 Å². The number of hydrogen-bond acceptors (Lipinski definition) is 8. The lowest BCUT2D eigenvalue weighted by atomic mass is 9.92. The second kappa shape index (κ2) is 13.2. The number of likely N-dealkylation sites (N-methyl/N-ethyl adjacent to an activating group) is 1. The highest BCUT2D eigenvalue weighted by atomic mass is 35.5. The molecule has 244 valence electrons. The fourth-order valence-corrected chi connectivity index (χ4v) is 6.35. The number of para-hydroxylation sites is 1. The summed E-state index contributed by atoms with van der Waals surface area (Å²) in [4.78, 5) is 20.7. The number of ether oxygens (including phenoxy) is 1. The van der Waals surface area contributed by atoms with Gasteiger partial charge >= 0.3 is 6.03 Å². The van der Waals surface area contributed by atoms with Gasteiger partial charge in [0.15, 0.2) is 4.96 Å². The molecule has 0 atom stereocenters. The lowest BCUT2D eigenvalue weighted by Crippen LogP contribution is -2.29. The first kappa shape index (κ1) is 32.3.